The molecule has 2 aromatic rings. The molecule has 1 heterocycles. The second-order valence-corrected chi connectivity index (χ2v) is 5.19. The first-order chi connectivity index (χ1) is 10.6. The summed E-state index contributed by atoms with van der Waals surface area (Å²) in [5.74, 6) is -0.460. The van der Waals surface area contributed by atoms with Crippen LogP contribution in [0.3, 0.4) is 0 Å². The molecule has 0 saturated carbocycles. The van der Waals surface area contributed by atoms with E-state index in [9.17, 15) is 9.59 Å². The lowest BCUT2D eigenvalue weighted by Gasteiger charge is -2.15. The van der Waals surface area contributed by atoms with E-state index in [4.69, 9.17) is 0 Å². The molecule has 5 nitrogen and oxygen atoms in total. The standard InChI is InChI=1S/C16H17N3O2S/c1-12-5-7-13(8-6-12)15(20)19(22)16(21)18-11-9-14-4-2-3-10-17-14/h2-8,10,22H,9,11H2,1H3,(H,18,21). The Morgan fingerprint density at radius 2 is 1.91 bits per heavy atom. The van der Waals surface area contributed by atoms with Gasteiger partial charge in [0.2, 0.25) is 0 Å². The summed E-state index contributed by atoms with van der Waals surface area (Å²) in [7, 11) is 0. The van der Waals surface area contributed by atoms with Gasteiger partial charge in [0.1, 0.15) is 0 Å². The molecule has 0 aliphatic carbocycles. The highest BCUT2D eigenvalue weighted by Crippen LogP contribution is 2.09. The van der Waals surface area contributed by atoms with Gasteiger partial charge in [-0.2, -0.15) is 0 Å². The lowest BCUT2D eigenvalue weighted by Crippen LogP contribution is -2.38. The maximum absolute atomic E-state index is 12.1. The van der Waals surface area contributed by atoms with Crippen molar-refractivity contribution in [2.75, 3.05) is 6.54 Å². The number of hydrogen-bond donors (Lipinski definition) is 2. The minimum atomic E-state index is -0.551. The summed E-state index contributed by atoms with van der Waals surface area (Å²) < 4.78 is 0.781. The van der Waals surface area contributed by atoms with Crippen LogP contribution in [0.25, 0.3) is 0 Å². The first-order valence-corrected chi connectivity index (χ1v) is 7.25. The SMILES string of the molecule is Cc1ccc(C(=O)N(S)C(=O)NCCc2ccccn2)cc1. The average molecular weight is 315 g/mol. The Hall–Kier alpha value is -2.34. The van der Waals surface area contributed by atoms with Gasteiger partial charge >= 0.3 is 6.03 Å². The van der Waals surface area contributed by atoms with Crippen LogP contribution in [0.4, 0.5) is 4.79 Å². The summed E-state index contributed by atoms with van der Waals surface area (Å²) >= 11 is 3.97. The van der Waals surface area contributed by atoms with Crippen LogP contribution in [0.15, 0.2) is 48.7 Å². The third-order valence-corrected chi connectivity index (χ3v) is 3.43. The van der Waals surface area contributed by atoms with E-state index >= 15 is 0 Å². The summed E-state index contributed by atoms with van der Waals surface area (Å²) in [5.41, 5.74) is 2.33. The number of aryl methyl sites for hydroxylation is 1. The zero-order chi connectivity index (χ0) is 15.9. The predicted octanol–water partition coefficient (Wildman–Crippen LogP) is 2.63. The van der Waals surface area contributed by atoms with Crippen LogP contribution in [-0.2, 0) is 6.42 Å². The summed E-state index contributed by atoms with van der Waals surface area (Å²) in [5, 5.41) is 2.64. The Morgan fingerprint density at radius 1 is 1.18 bits per heavy atom. The minimum Gasteiger partial charge on any atom is -0.336 e. The summed E-state index contributed by atoms with van der Waals surface area (Å²) in [6.45, 7) is 2.31. The molecule has 2 rings (SSSR count). The van der Waals surface area contributed by atoms with E-state index in [-0.39, 0.29) is 0 Å². The zero-order valence-corrected chi connectivity index (χ0v) is 13.1. The van der Waals surface area contributed by atoms with Gasteiger partial charge in [-0.15, -0.1) is 0 Å². The number of pyridine rings is 1. The van der Waals surface area contributed by atoms with E-state index in [0.29, 0.717) is 18.5 Å². The largest absolute Gasteiger partial charge is 0.336 e. The molecule has 0 unspecified atom stereocenters. The van der Waals surface area contributed by atoms with Crippen LogP contribution in [0.2, 0.25) is 0 Å². The number of aromatic nitrogens is 1. The van der Waals surface area contributed by atoms with Crippen molar-refractivity contribution in [3.8, 4) is 0 Å². The Bertz CT molecular complexity index is 644. The highest BCUT2D eigenvalue weighted by atomic mass is 32.1. The molecule has 1 N–H and O–H groups in total. The van der Waals surface area contributed by atoms with E-state index in [1.54, 1.807) is 18.3 Å². The van der Waals surface area contributed by atoms with E-state index in [0.717, 1.165) is 15.6 Å². The first kappa shape index (κ1) is 16.0. The molecule has 0 radical (unpaired) electrons. The van der Waals surface area contributed by atoms with Crippen LogP contribution in [0, 0.1) is 6.92 Å². The fraction of sp³-hybridized carbons (Fsp3) is 0.188. The van der Waals surface area contributed by atoms with Crippen LogP contribution < -0.4 is 5.32 Å². The van der Waals surface area contributed by atoms with Crippen molar-refractivity contribution in [1.82, 2.24) is 14.6 Å². The number of thiol groups is 1. The van der Waals surface area contributed by atoms with Gasteiger partial charge in [0.25, 0.3) is 5.91 Å². The topological polar surface area (TPSA) is 62.3 Å². The molecular formula is C16H17N3O2S. The molecule has 114 valence electrons. The van der Waals surface area contributed by atoms with Crippen molar-refractivity contribution in [2.24, 2.45) is 0 Å². The van der Waals surface area contributed by atoms with Gasteiger partial charge in [-0.25, -0.2) is 9.10 Å². The van der Waals surface area contributed by atoms with E-state index in [2.05, 4.69) is 23.1 Å². The van der Waals surface area contributed by atoms with Crippen LogP contribution >= 0.6 is 12.8 Å². The third kappa shape index (κ3) is 4.33. The van der Waals surface area contributed by atoms with Crippen molar-refractivity contribution in [1.29, 1.82) is 0 Å². The fourth-order valence-electron chi connectivity index (χ4n) is 1.83. The number of benzene rings is 1. The highest BCUT2D eigenvalue weighted by molar-refractivity contribution is 7.79. The summed E-state index contributed by atoms with van der Waals surface area (Å²) in [6, 6.07) is 12.0. The van der Waals surface area contributed by atoms with Gasteiger partial charge in [-0.1, -0.05) is 36.6 Å². The van der Waals surface area contributed by atoms with Gasteiger partial charge in [-0.3, -0.25) is 9.78 Å². The van der Waals surface area contributed by atoms with E-state index in [1.165, 1.54) is 0 Å². The molecular weight excluding hydrogens is 298 g/mol. The van der Waals surface area contributed by atoms with Crippen LogP contribution in [0.5, 0.6) is 0 Å². The second kappa shape index (κ2) is 7.61. The molecule has 1 aromatic heterocycles. The fourth-order valence-corrected chi connectivity index (χ4v) is 2.02. The quantitative estimate of drug-likeness (QED) is 0.853. The number of hydrogen-bond acceptors (Lipinski definition) is 4. The van der Waals surface area contributed by atoms with E-state index in [1.807, 2.05) is 37.3 Å². The van der Waals surface area contributed by atoms with Crippen molar-refractivity contribution in [3.05, 3.63) is 65.5 Å². The first-order valence-electron chi connectivity index (χ1n) is 6.85. The monoisotopic (exact) mass is 315 g/mol. The van der Waals surface area contributed by atoms with Gasteiger partial charge in [0.05, 0.1) is 0 Å². The number of nitrogens with one attached hydrogen (secondary N) is 1. The van der Waals surface area contributed by atoms with Gasteiger partial charge in [0, 0.05) is 30.4 Å². The highest BCUT2D eigenvalue weighted by Gasteiger charge is 2.19. The summed E-state index contributed by atoms with van der Waals surface area (Å²) in [6.07, 6.45) is 2.29. The van der Waals surface area contributed by atoms with Crippen molar-refractivity contribution in [3.63, 3.8) is 0 Å². The Balaban J connectivity index is 1.86. The lowest BCUT2D eigenvalue weighted by molar-refractivity contribution is 0.0896. The molecule has 0 spiro atoms. The number of imide groups is 1. The smallest absolute Gasteiger partial charge is 0.334 e. The molecule has 1 aromatic carbocycles. The van der Waals surface area contributed by atoms with Gasteiger partial charge in [0.15, 0.2) is 0 Å². The molecule has 0 atom stereocenters. The number of carbonyl (C=O) groups is 2. The maximum Gasteiger partial charge on any atom is 0.334 e. The minimum absolute atomic E-state index is 0.383. The Kier molecular flexibility index (Phi) is 5.55. The molecule has 6 heteroatoms. The predicted molar refractivity (Wildman–Crippen MR) is 87.7 cm³/mol. The van der Waals surface area contributed by atoms with Gasteiger partial charge in [-0.05, 0) is 31.2 Å². The Labute approximate surface area is 134 Å². The van der Waals surface area contributed by atoms with Crippen molar-refractivity contribution in [2.45, 2.75) is 13.3 Å². The van der Waals surface area contributed by atoms with Crippen LogP contribution in [0.1, 0.15) is 21.6 Å². The number of amides is 3. The Morgan fingerprint density at radius 3 is 2.55 bits per heavy atom. The summed E-state index contributed by atoms with van der Waals surface area (Å²) in [4.78, 5) is 28.2. The number of carbonyl (C=O) groups excluding carboxylic acids is 2. The normalized spacial score (nSPS) is 10.1. The molecule has 0 fully saturated rings. The molecule has 3 amide bonds. The van der Waals surface area contributed by atoms with Crippen molar-refractivity contribution < 1.29 is 9.59 Å². The zero-order valence-electron chi connectivity index (χ0n) is 12.2. The van der Waals surface area contributed by atoms with Crippen LogP contribution in [-0.4, -0.2) is 27.8 Å². The maximum atomic E-state index is 12.1. The van der Waals surface area contributed by atoms with E-state index < -0.39 is 11.9 Å². The number of rotatable bonds is 4. The molecule has 0 aliphatic rings. The van der Waals surface area contributed by atoms with Gasteiger partial charge < -0.3 is 5.32 Å². The number of urea groups is 1. The average Bonchev–Trinajstić information content (AvgIpc) is 2.55. The third-order valence-electron chi connectivity index (χ3n) is 3.07. The lowest BCUT2D eigenvalue weighted by atomic mass is 10.1. The second-order valence-electron chi connectivity index (χ2n) is 4.79. The molecule has 22 heavy (non-hydrogen) atoms. The molecule has 0 bridgehead atoms. The molecule has 0 aliphatic heterocycles. The molecule has 0 saturated heterocycles. The number of nitrogens with zero attached hydrogens (tertiary/aromatic N) is 2. The van der Waals surface area contributed by atoms with Crippen molar-refractivity contribution >= 4 is 24.8 Å².